The van der Waals surface area contributed by atoms with Crippen LogP contribution in [0.2, 0.25) is 0 Å². The molecule has 1 heterocycles. The standard InChI is InChI=1S/C13H19NO/c1-13(2,3)11-8-14-7-10-9(11)5-4-6-12(10)15/h4-6,11,14-15H,7-8H2,1-3H3. The van der Waals surface area contributed by atoms with Crippen molar-refractivity contribution < 1.29 is 5.11 Å². The maximum absolute atomic E-state index is 9.80. The van der Waals surface area contributed by atoms with Crippen LogP contribution < -0.4 is 5.32 Å². The van der Waals surface area contributed by atoms with Crippen molar-refractivity contribution in [1.82, 2.24) is 5.32 Å². The summed E-state index contributed by atoms with van der Waals surface area (Å²) in [6.45, 7) is 8.53. The van der Waals surface area contributed by atoms with Crippen molar-refractivity contribution >= 4 is 0 Å². The highest BCUT2D eigenvalue weighted by Gasteiger charge is 2.31. The van der Waals surface area contributed by atoms with Gasteiger partial charge in [0, 0.05) is 24.6 Å². The second-order valence-corrected chi connectivity index (χ2v) is 5.39. The van der Waals surface area contributed by atoms with E-state index in [9.17, 15) is 5.11 Å². The van der Waals surface area contributed by atoms with E-state index in [1.165, 1.54) is 5.56 Å². The van der Waals surface area contributed by atoms with Crippen LogP contribution in [0.4, 0.5) is 0 Å². The highest BCUT2D eigenvalue weighted by Crippen LogP contribution is 2.40. The van der Waals surface area contributed by atoms with E-state index >= 15 is 0 Å². The second kappa shape index (κ2) is 3.53. The summed E-state index contributed by atoms with van der Waals surface area (Å²) in [4.78, 5) is 0. The predicted molar refractivity (Wildman–Crippen MR) is 62.0 cm³/mol. The smallest absolute Gasteiger partial charge is 0.120 e. The van der Waals surface area contributed by atoms with Gasteiger partial charge in [0.2, 0.25) is 0 Å². The Labute approximate surface area is 91.3 Å². The first-order valence-corrected chi connectivity index (χ1v) is 5.51. The van der Waals surface area contributed by atoms with Crippen molar-refractivity contribution in [1.29, 1.82) is 0 Å². The monoisotopic (exact) mass is 205 g/mol. The summed E-state index contributed by atoms with van der Waals surface area (Å²) in [6, 6.07) is 5.86. The van der Waals surface area contributed by atoms with Gasteiger partial charge in [-0.3, -0.25) is 0 Å². The summed E-state index contributed by atoms with van der Waals surface area (Å²) < 4.78 is 0. The lowest BCUT2D eigenvalue weighted by molar-refractivity contribution is 0.293. The van der Waals surface area contributed by atoms with E-state index in [0.717, 1.165) is 18.7 Å². The molecule has 1 aliphatic heterocycles. The molecule has 0 aromatic heterocycles. The molecule has 0 radical (unpaired) electrons. The number of phenols is 1. The fourth-order valence-electron chi connectivity index (χ4n) is 2.34. The zero-order chi connectivity index (χ0) is 11.1. The SMILES string of the molecule is CC(C)(C)C1CNCc2c(O)cccc21. The summed E-state index contributed by atoms with van der Waals surface area (Å²) in [6.07, 6.45) is 0. The van der Waals surface area contributed by atoms with E-state index in [0.29, 0.717) is 11.7 Å². The molecule has 0 spiro atoms. The largest absolute Gasteiger partial charge is 0.508 e. The van der Waals surface area contributed by atoms with Gasteiger partial charge in [-0.1, -0.05) is 32.9 Å². The molecule has 82 valence electrons. The summed E-state index contributed by atoms with van der Waals surface area (Å²) in [5.74, 6) is 0.905. The number of nitrogens with one attached hydrogen (secondary N) is 1. The number of hydrogen-bond acceptors (Lipinski definition) is 2. The van der Waals surface area contributed by atoms with E-state index in [1.807, 2.05) is 6.07 Å². The van der Waals surface area contributed by atoms with E-state index < -0.39 is 0 Å². The van der Waals surface area contributed by atoms with Crippen LogP contribution in [0.5, 0.6) is 5.75 Å². The van der Waals surface area contributed by atoms with Gasteiger partial charge in [0.15, 0.2) is 0 Å². The fourth-order valence-corrected chi connectivity index (χ4v) is 2.34. The highest BCUT2D eigenvalue weighted by atomic mass is 16.3. The van der Waals surface area contributed by atoms with E-state index in [2.05, 4.69) is 32.2 Å². The van der Waals surface area contributed by atoms with Crippen LogP contribution in [0.15, 0.2) is 18.2 Å². The molecule has 0 aliphatic carbocycles. The van der Waals surface area contributed by atoms with Crippen molar-refractivity contribution in [3.05, 3.63) is 29.3 Å². The van der Waals surface area contributed by atoms with E-state index in [1.54, 1.807) is 6.07 Å². The molecule has 1 aliphatic rings. The van der Waals surface area contributed by atoms with Crippen molar-refractivity contribution in [2.24, 2.45) is 5.41 Å². The van der Waals surface area contributed by atoms with Crippen LogP contribution in [-0.4, -0.2) is 11.7 Å². The third-order valence-electron chi connectivity index (χ3n) is 3.26. The molecular formula is C13H19NO. The molecule has 0 amide bonds. The minimum Gasteiger partial charge on any atom is -0.508 e. The van der Waals surface area contributed by atoms with Crippen molar-refractivity contribution in [2.45, 2.75) is 33.2 Å². The third-order valence-corrected chi connectivity index (χ3v) is 3.26. The number of phenolic OH excluding ortho intramolecular Hbond substituents is 1. The zero-order valence-corrected chi connectivity index (χ0v) is 9.67. The van der Waals surface area contributed by atoms with Crippen LogP contribution in [-0.2, 0) is 6.54 Å². The Hall–Kier alpha value is -1.02. The van der Waals surface area contributed by atoms with Crippen molar-refractivity contribution in [2.75, 3.05) is 6.54 Å². The van der Waals surface area contributed by atoms with Gasteiger partial charge in [-0.15, -0.1) is 0 Å². The Bertz CT molecular complexity index is 365. The van der Waals surface area contributed by atoms with Crippen molar-refractivity contribution in [3.8, 4) is 5.75 Å². The topological polar surface area (TPSA) is 32.3 Å². The molecule has 1 unspecified atom stereocenters. The molecule has 2 rings (SSSR count). The Balaban J connectivity index is 2.48. The van der Waals surface area contributed by atoms with Gasteiger partial charge in [0.1, 0.15) is 5.75 Å². The number of aromatic hydroxyl groups is 1. The number of rotatable bonds is 0. The van der Waals surface area contributed by atoms with Crippen LogP contribution >= 0.6 is 0 Å². The third kappa shape index (κ3) is 1.86. The molecule has 1 aromatic rings. The van der Waals surface area contributed by atoms with Crippen LogP contribution in [0, 0.1) is 5.41 Å². The first kappa shape index (κ1) is 10.5. The maximum Gasteiger partial charge on any atom is 0.120 e. The van der Waals surface area contributed by atoms with Crippen LogP contribution in [0.25, 0.3) is 0 Å². The molecule has 0 fully saturated rings. The second-order valence-electron chi connectivity index (χ2n) is 5.39. The molecule has 0 bridgehead atoms. The normalized spacial score (nSPS) is 21.1. The molecule has 15 heavy (non-hydrogen) atoms. The Morgan fingerprint density at radius 1 is 1.33 bits per heavy atom. The lowest BCUT2D eigenvalue weighted by Gasteiger charge is -2.36. The number of hydrogen-bond donors (Lipinski definition) is 2. The lowest BCUT2D eigenvalue weighted by Crippen LogP contribution is -2.35. The molecule has 1 atom stereocenters. The first-order chi connectivity index (χ1) is 7.00. The highest BCUT2D eigenvalue weighted by molar-refractivity contribution is 5.43. The average molecular weight is 205 g/mol. The van der Waals surface area contributed by atoms with Crippen molar-refractivity contribution in [3.63, 3.8) is 0 Å². The molecule has 2 N–H and O–H groups in total. The van der Waals surface area contributed by atoms with E-state index in [-0.39, 0.29) is 5.41 Å². The quantitative estimate of drug-likeness (QED) is 0.682. The Morgan fingerprint density at radius 3 is 2.73 bits per heavy atom. The lowest BCUT2D eigenvalue weighted by atomic mass is 9.73. The molecular weight excluding hydrogens is 186 g/mol. The van der Waals surface area contributed by atoms with Gasteiger partial charge < -0.3 is 10.4 Å². The zero-order valence-electron chi connectivity index (χ0n) is 9.67. The van der Waals surface area contributed by atoms with Crippen LogP contribution in [0.3, 0.4) is 0 Å². The molecule has 2 heteroatoms. The minimum atomic E-state index is 0.232. The first-order valence-electron chi connectivity index (χ1n) is 5.51. The van der Waals surface area contributed by atoms with Gasteiger partial charge >= 0.3 is 0 Å². The summed E-state index contributed by atoms with van der Waals surface area (Å²) in [7, 11) is 0. The molecule has 1 aromatic carbocycles. The molecule has 0 saturated carbocycles. The molecule has 2 nitrogen and oxygen atoms in total. The summed E-state index contributed by atoms with van der Waals surface area (Å²) in [5.41, 5.74) is 2.61. The maximum atomic E-state index is 9.80. The number of benzene rings is 1. The predicted octanol–water partition coefficient (Wildman–Crippen LogP) is 2.63. The number of fused-ring (bicyclic) bond motifs is 1. The van der Waals surface area contributed by atoms with Gasteiger partial charge in [0.25, 0.3) is 0 Å². The van der Waals surface area contributed by atoms with Gasteiger partial charge in [-0.25, -0.2) is 0 Å². The minimum absolute atomic E-state index is 0.232. The summed E-state index contributed by atoms with van der Waals surface area (Å²) in [5, 5.41) is 13.2. The fraction of sp³-hybridized carbons (Fsp3) is 0.538. The molecule has 0 saturated heterocycles. The average Bonchev–Trinajstić information content (AvgIpc) is 2.16. The van der Waals surface area contributed by atoms with E-state index in [4.69, 9.17) is 0 Å². The van der Waals surface area contributed by atoms with Gasteiger partial charge in [0.05, 0.1) is 0 Å². The van der Waals surface area contributed by atoms with Crippen LogP contribution in [0.1, 0.15) is 37.8 Å². The Morgan fingerprint density at radius 2 is 2.07 bits per heavy atom. The summed E-state index contributed by atoms with van der Waals surface area (Å²) >= 11 is 0. The van der Waals surface area contributed by atoms with Gasteiger partial charge in [-0.2, -0.15) is 0 Å². The van der Waals surface area contributed by atoms with Gasteiger partial charge in [-0.05, 0) is 17.0 Å². The Kier molecular flexibility index (Phi) is 2.47.